The first-order valence-electron chi connectivity index (χ1n) is 11.1. The van der Waals surface area contributed by atoms with Crippen LogP contribution in [0.5, 0.6) is 11.5 Å². The number of hydrogen-bond donors (Lipinski definition) is 2. The maximum Gasteiger partial charge on any atom is 0.416 e. The summed E-state index contributed by atoms with van der Waals surface area (Å²) < 4.78 is 76.7. The number of aromatic nitrogens is 2. The molecule has 0 amide bonds. The van der Waals surface area contributed by atoms with Crippen LogP contribution in [0.1, 0.15) is 34.0 Å². The minimum absolute atomic E-state index is 0.00750. The fraction of sp³-hybridized carbons (Fsp3) is 0.364. The monoisotopic (exact) mass is 453 g/mol. The molecule has 3 aromatic rings. The van der Waals surface area contributed by atoms with E-state index >= 15 is 0 Å². The van der Waals surface area contributed by atoms with E-state index in [1.54, 1.807) is 26.0 Å². The topological polar surface area (TPSA) is 91.5 Å². The maximum absolute atomic E-state index is 13.2. The molecule has 0 spiro atoms. The van der Waals surface area contributed by atoms with Crippen LogP contribution in [-0.4, -0.2) is 37.3 Å². The van der Waals surface area contributed by atoms with Crippen molar-refractivity contribution in [3.63, 3.8) is 0 Å². The van der Waals surface area contributed by atoms with Crippen molar-refractivity contribution < 1.29 is 31.5 Å². The molecule has 1 atom stereocenters. The summed E-state index contributed by atoms with van der Waals surface area (Å²) in [4.78, 5) is 8.82. The number of nitrogens with zero attached hydrogens (tertiary/aromatic N) is 2. The molecule has 1 unspecified atom stereocenters. The third-order valence-electron chi connectivity index (χ3n) is 4.69. The Labute approximate surface area is 187 Å². The van der Waals surface area contributed by atoms with Crippen LogP contribution in [-0.2, 0) is 10.9 Å². The minimum atomic E-state index is -4.53. The van der Waals surface area contributed by atoms with Gasteiger partial charge in [0.25, 0.3) is 0 Å². The van der Waals surface area contributed by atoms with Crippen LogP contribution in [0.4, 0.5) is 24.7 Å². The Morgan fingerprint density at radius 2 is 1.91 bits per heavy atom. The molecule has 0 radical (unpaired) electrons. The summed E-state index contributed by atoms with van der Waals surface area (Å²) >= 11 is 0. The molecule has 0 aliphatic rings. The second kappa shape index (κ2) is 9.47. The highest BCUT2D eigenvalue weighted by Crippen LogP contribution is 2.36. The van der Waals surface area contributed by atoms with Gasteiger partial charge in [-0.05, 0) is 43.7 Å². The normalized spacial score (nSPS) is 14.4. The molecule has 2 aromatic carbocycles. The lowest BCUT2D eigenvalue weighted by Gasteiger charge is -2.19. The number of anilines is 2. The molecular weight excluding hydrogens is 425 g/mol. The van der Waals surface area contributed by atoms with Crippen molar-refractivity contribution in [3.05, 3.63) is 47.3 Å². The molecule has 1 heterocycles. The van der Waals surface area contributed by atoms with E-state index in [9.17, 15) is 13.2 Å². The number of hydrogen-bond acceptors (Lipinski definition) is 7. The Balaban J connectivity index is 1.94. The lowest BCUT2D eigenvalue weighted by Crippen LogP contribution is -2.13. The van der Waals surface area contributed by atoms with Crippen molar-refractivity contribution in [2.24, 2.45) is 0 Å². The van der Waals surface area contributed by atoms with Crippen molar-refractivity contribution in [2.45, 2.75) is 26.1 Å². The maximum atomic E-state index is 13.2. The van der Waals surface area contributed by atoms with Crippen LogP contribution in [0, 0.1) is 6.92 Å². The number of benzene rings is 2. The van der Waals surface area contributed by atoms with Gasteiger partial charge in [0.15, 0.2) is 11.5 Å². The number of ether oxygens (including phenoxy) is 3. The quantitative estimate of drug-likeness (QED) is 0.376. The van der Waals surface area contributed by atoms with E-state index < -0.39 is 24.8 Å². The van der Waals surface area contributed by atoms with Gasteiger partial charge in [-0.1, -0.05) is 0 Å². The summed E-state index contributed by atoms with van der Waals surface area (Å²) in [6, 6.07) is 6.03. The van der Waals surface area contributed by atoms with Gasteiger partial charge in [0.05, 0.1) is 35.0 Å². The Hall–Kier alpha value is -3.27. The van der Waals surface area contributed by atoms with Crippen molar-refractivity contribution in [1.29, 1.82) is 0 Å². The first kappa shape index (κ1) is 19.4. The van der Waals surface area contributed by atoms with Crippen LogP contribution in [0.2, 0.25) is 0 Å². The third kappa shape index (κ3) is 5.31. The SMILES string of the molecule is [2H]C([2H])([2H])OCCOc1cc2c(NC(C)c3cc(N)cc(C(F)(F)F)c3)nc(C)nc2cc1OC. The molecule has 0 bridgehead atoms. The lowest BCUT2D eigenvalue weighted by molar-refractivity contribution is -0.137. The fourth-order valence-corrected chi connectivity index (χ4v) is 3.21. The molecule has 172 valence electrons. The fourth-order valence-electron chi connectivity index (χ4n) is 3.21. The largest absolute Gasteiger partial charge is 0.493 e. The highest BCUT2D eigenvalue weighted by Gasteiger charge is 2.31. The van der Waals surface area contributed by atoms with Gasteiger partial charge < -0.3 is 25.3 Å². The van der Waals surface area contributed by atoms with Crippen molar-refractivity contribution in [1.82, 2.24) is 9.97 Å². The Bertz CT molecular complexity index is 1210. The van der Waals surface area contributed by atoms with Crippen molar-refractivity contribution in [3.8, 4) is 11.5 Å². The molecule has 0 aliphatic heterocycles. The molecule has 3 rings (SSSR count). The molecule has 0 aliphatic carbocycles. The summed E-state index contributed by atoms with van der Waals surface area (Å²) in [7, 11) is -1.09. The molecule has 7 nitrogen and oxygen atoms in total. The van der Waals surface area contributed by atoms with Crippen molar-refractivity contribution >= 4 is 22.4 Å². The van der Waals surface area contributed by atoms with Gasteiger partial charge in [0.1, 0.15) is 18.2 Å². The molecule has 10 heteroatoms. The van der Waals surface area contributed by atoms with E-state index in [1.807, 2.05) is 0 Å². The van der Waals surface area contributed by atoms with E-state index in [1.165, 1.54) is 13.2 Å². The smallest absolute Gasteiger partial charge is 0.416 e. The molecule has 0 saturated carbocycles. The first-order chi connectivity index (χ1) is 16.3. The Kier molecular flexibility index (Phi) is 5.75. The van der Waals surface area contributed by atoms with E-state index in [2.05, 4.69) is 15.3 Å². The van der Waals surface area contributed by atoms with Crippen LogP contribution < -0.4 is 20.5 Å². The van der Waals surface area contributed by atoms with Gasteiger partial charge in [-0.25, -0.2) is 9.97 Å². The molecule has 32 heavy (non-hydrogen) atoms. The molecule has 0 saturated heterocycles. The number of fused-ring (bicyclic) bond motifs is 1. The average Bonchev–Trinajstić information content (AvgIpc) is 2.74. The number of aryl methyl sites for hydroxylation is 1. The van der Waals surface area contributed by atoms with Crippen LogP contribution >= 0.6 is 0 Å². The number of nitrogen functional groups attached to an aromatic ring is 1. The summed E-state index contributed by atoms with van der Waals surface area (Å²) in [6.45, 7) is 3.13. The van der Waals surface area contributed by atoms with Gasteiger partial charge >= 0.3 is 6.18 Å². The lowest BCUT2D eigenvalue weighted by atomic mass is 10.0. The molecule has 0 fully saturated rings. The summed E-state index contributed by atoms with van der Waals surface area (Å²) in [6.07, 6.45) is -4.53. The standard InChI is InChI=1S/C22H25F3N4O3/c1-12(14-7-15(22(23,24)25)9-16(26)8-14)27-21-17-10-20(32-6-5-30-3)19(31-4)11-18(17)28-13(2)29-21/h7-12H,5-6,26H2,1-4H3,(H,27,28,29)/i3D3. The Morgan fingerprint density at radius 3 is 2.59 bits per heavy atom. The van der Waals surface area contributed by atoms with Crippen LogP contribution in [0.15, 0.2) is 30.3 Å². The van der Waals surface area contributed by atoms with Gasteiger partial charge in [0, 0.05) is 24.2 Å². The number of halogens is 3. The number of alkyl halides is 3. The average molecular weight is 453 g/mol. The first-order valence-corrected chi connectivity index (χ1v) is 9.64. The number of rotatable bonds is 8. The summed E-state index contributed by atoms with van der Waals surface area (Å²) in [5.41, 5.74) is 5.70. The van der Waals surface area contributed by atoms with E-state index in [0.717, 1.165) is 12.1 Å². The molecular formula is C22H25F3N4O3. The van der Waals surface area contributed by atoms with Crippen LogP contribution in [0.25, 0.3) is 10.9 Å². The third-order valence-corrected chi connectivity index (χ3v) is 4.69. The van der Waals surface area contributed by atoms with Gasteiger partial charge in [0.2, 0.25) is 0 Å². The minimum Gasteiger partial charge on any atom is -0.493 e. The van der Waals surface area contributed by atoms with Gasteiger partial charge in [-0.2, -0.15) is 13.2 Å². The summed E-state index contributed by atoms with van der Waals surface area (Å²) in [5, 5.41) is 3.65. The highest BCUT2D eigenvalue weighted by molar-refractivity contribution is 5.92. The molecule has 1 aromatic heterocycles. The zero-order valence-corrected chi connectivity index (χ0v) is 17.7. The predicted molar refractivity (Wildman–Crippen MR) is 116 cm³/mol. The van der Waals surface area contributed by atoms with Crippen LogP contribution in [0.3, 0.4) is 0 Å². The predicted octanol–water partition coefficient (Wildman–Crippen LogP) is 4.75. The molecule has 3 N–H and O–H groups in total. The van der Waals surface area contributed by atoms with E-state index in [4.69, 9.17) is 24.1 Å². The summed E-state index contributed by atoms with van der Waals surface area (Å²) in [5.74, 6) is 1.44. The highest BCUT2D eigenvalue weighted by atomic mass is 19.4. The Morgan fingerprint density at radius 1 is 1.12 bits per heavy atom. The van der Waals surface area contributed by atoms with Gasteiger partial charge in [-0.15, -0.1) is 0 Å². The van der Waals surface area contributed by atoms with Gasteiger partial charge in [-0.3, -0.25) is 0 Å². The second-order valence-electron chi connectivity index (χ2n) is 7.09. The number of nitrogens with two attached hydrogens (primary N) is 1. The number of methoxy groups -OCH3 is 2. The number of nitrogens with one attached hydrogen (secondary N) is 1. The van der Waals surface area contributed by atoms with Crippen molar-refractivity contribution in [2.75, 3.05) is 38.4 Å². The zero-order valence-electron chi connectivity index (χ0n) is 20.7. The zero-order chi connectivity index (χ0) is 26.0. The van der Waals surface area contributed by atoms with E-state index in [0.29, 0.717) is 39.6 Å². The second-order valence-corrected chi connectivity index (χ2v) is 7.09. The van der Waals surface area contributed by atoms with E-state index in [-0.39, 0.29) is 18.9 Å².